The lowest BCUT2D eigenvalue weighted by Crippen LogP contribution is -2.26. The highest BCUT2D eigenvalue weighted by Gasteiger charge is 2.20. The Morgan fingerprint density at radius 2 is 2.40 bits per heavy atom. The third kappa shape index (κ3) is 2.46. The van der Waals surface area contributed by atoms with Crippen molar-refractivity contribution in [1.29, 1.82) is 0 Å². The van der Waals surface area contributed by atoms with E-state index in [1.165, 1.54) is 0 Å². The normalized spacial score (nSPS) is 20.1. The van der Waals surface area contributed by atoms with Crippen molar-refractivity contribution in [1.82, 2.24) is 10.5 Å². The second-order valence-corrected chi connectivity index (χ2v) is 3.94. The molecule has 1 aromatic heterocycles. The van der Waals surface area contributed by atoms with Gasteiger partial charge in [0.25, 0.3) is 0 Å². The third-order valence-corrected chi connectivity index (χ3v) is 2.76. The summed E-state index contributed by atoms with van der Waals surface area (Å²) >= 11 is 5.70. The van der Waals surface area contributed by atoms with E-state index in [9.17, 15) is 0 Å². The molecule has 2 N–H and O–H groups in total. The van der Waals surface area contributed by atoms with Crippen LogP contribution in [0.4, 0.5) is 0 Å². The van der Waals surface area contributed by atoms with Crippen LogP contribution in [0.5, 0.6) is 0 Å². The van der Waals surface area contributed by atoms with Crippen LogP contribution in [0, 0.1) is 5.92 Å². The van der Waals surface area contributed by atoms with Crippen LogP contribution < -0.4 is 5.48 Å². The zero-order valence-electron chi connectivity index (χ0n) is 8.15. The fourth-order valence-electron chi connectivity index (χ4n) is 1.74. The van der Waals surface area contributed by atoms with Crippen molar-refractivity contribution in [3.63, 3.8) is 0 Å². The predicted molar refractivity (Wildman–Crippen MR) is 58.3 cm³/mol. The predicted octanol–water partition coefficient (Wildman–Crippen LogP) is 1.67. The van der Waals surface area contributed by atoms with Gasteiger partial charge in [0.2, 0.25) is 0 Å². The lowest BCUT2D eigenvalue weighted by molar-refractivity contribution is 0.228. The van der Waals surface area contributed by atoms with Crippen LogP contribution >= 0.6 is 11.6 Å². The summed E-state index contributed by atoms with van der Waals surface area (Å²) in [6.07, 6.45) is 3.55. The number of hydrogen-bond donors (Lipinski definition) is 2. The Balaban J connectivity index is 2.03. The summed E-state index contributed by atoms with van der Waals surface area (Å²) in [6, 6.07) is 3.72. The van der Waals surface area contributed by atoms with Gasteiger partial charge in [0, 0.05) is 18.7 Å². The summed E-state index contributed by atoms with van der Waals surface area (Å²) in [7, 11) is 0. The minimum absolute atomic E-state index is 0.262. The zero-order chi connectivity index (χ0) is 10.7. The van der Waals surface area contributed by atoms with Crippen molar-refractivity contribution in [2.24, 2.45) is 10.9 Å². The van der Waals surface area contributed by atoms with E-state index in [0.717, 1.165) is 24.9 Å². The second kappa shape index (κ2) is 4.59. The van der Waals surface area contributed by atoms with Crippen LogP contribution in [0.2, 0.25) is 5.15 Å². The molecule has 1 aliphatic rings. The highest BCUT2D eigenvalue weighted by atomic mass is 35.5. The van der Waals surface area contributed by atoms with Crippen molar-refractivity contribution in [3.8, 4) is 0 Å². The minimum atomic E-state index is 0.262. The molecule has 4 nitrogen and oxygen atoms in total. The Bertz CT molecular complexity index is 363. The van der Waals surface area contributed by atoms with E-state index < -0.39 is 0 Å². The Labute approximate surface area is 93.0 Å². The molecule has 1 atom stereocenters. The van der Waals surface area contributed by atoms with Crippen molar-refractivity contribution < 1.29 is 5.21 Å². The van der Waals surface area contributed by atoms with Crippen molar-refractivity contribution in [3.05, 3.63) is 29.0 Å². The molecule has 0 spiro atoms. The Morgan fingerprint density at radius 3 is 3.07 bits per heavy atom. The van der Waals surface area contributed by atoms with E-state index in [2.05, 4.69) is 15.5 Å². The molecule has 0 radical (unpaired) electrons. The molecular weight excluding hydrogens is 214 g/mol. The van der Waals surface area contributed by atoms with E-state index in [4.69, 9.17) is 16.8 Å². The second-order valence-electron chi connectivity index (χ2n) is 3.56. The van der Waals surface area contributed by atoms with Gasteiger partial charge >= 0.3 is 0 Å². The fourth-order valence-corrected chi connectivity index (χ4v) is 1.86. The number of amidine groups is 1. The molecule has 2 heterocycles. The molecule has 5 heteroatoms. The monoisotopic (exact) mass is 225 g/mol. The smallest absolute Gasteiger partial charge is 0.129 e. The van der Waals surface area contributed by atoms with Crippen LogP contribution in [0.1, 0.15) is 12.0 Å². The summed E-state index contributed by atoms with van der Waals surface area (Å²) in [6.45, 7) is 0.772. The van der Waals surface area contributed by atoms with Crippen LogP contribution in [-0.2, 0) is 6.42 Å². The van der Waals surface area contributed by atoms with Gasteiger partial charge in [0.1, 0.15) is 11.0 Å². The van der Waals surface area contributed by atoms with Crippen molar-refractivity contribution in [2.45, 2.75) is 12.8 Å². The molecule has 0 saturated heterocycles. The van der Waals surface area contributed by atoms with E-state index in [1.807, 2.05) is 6.07 Å². The van der Waals surface area contributed by atoms with Gasteiger partial charge in [-0.15, -0.1) is 0 Å². The summed E-state index contributed by atoms with van der Waals surface area (Å²) < 4.78 is 0. The molecule has 0 bridgehead atoms. The third-order valence-electron chi connectivity index (χ3n) is 2.53. The fraction of sp³-hybridized carbons (Fsp3) is 0.400. The highest BCUT2D eigenvalue weighted by molar-refractivity contribution is 6.29. The van der Waals surface area contributed by atoms with Gasteiger partial charge in [-0.2, -0.15) is 0 Å². The van der Waals surface area contributed by atoms with E-state index in [0.29, 0.717) is 11.0 Å². The summed E-state index contributed by atoms with van der Waals surface area (Å²) in [4.78, 5) is 8.17. The zero-order valence-corrected chi connectivity index (χ0v) is 8.91. The van der Waals surface area contributed by atoms with Gasteiger partial charge in [-0.1, -0.05) is 17.7 Å². The topological polar surface area (TPSA) is 57.5 Å². The molecule has 80 valence electrons. The first-order chi connectivity index (χ1) is 7.29. The standard InChI is InChI=1S/C10H12ClN3O/c11-9-2-1-7(6-13-9)5-8-3-4-12-10(8)14-15/h1-2,6,8,15H,3-5H2,(H,12,14)/t8-/m1/s1. The highest BCUT2D eigenvalue weighted by Crippen LogP contribution is 2.18. The van der Waals surface area contributed by atoms with Crippen molar-refractivity contribution >= 4 is 17.4 Å². The Hall–Kier alpha value is -1.13. The Kier molecular flexibility index (Phi) is 3.18. The van der Waals surface area contributed by atoms with Crippen LogP contribution in [-0.4, -0.2) is 22.6 Å². The molecule has 1 aliphatic heterocycles. The molecule has 0 fully saturated rings. The van der Waals surface area contributed by atoms with E-state index >= 15 is 0 Å². The van der Waals surface area contributed by atoms with Gasteiger partial charge in [-0.25, -0.2) is 4.98 Å². The minimum Gasteiger partial charge on any atom is -0.290 e. The first kappa shape index (κ1) is 10.4. The largest absolute Gasteiger partial charge is 0.290 e. The van der Waals surface area contributed by atoms with Gasteiger partial charge in [-0.3, -0.25) is 15.7 Å². The quantitative estimate of drug-likeness (QED) is 0.595. The number of rotatable bonds is 2. The molecule has 0 saturated carbocycles. The number of aliphatic imine (C=N–C) groups is 1. The number of hydrogen-bond acceptors (Lipinski definition) is 4. The van der Waals surface area contributed by atoms with Crippen LogP contribution in [0.15, 0.2) is 23.3 Å². The van der Waals surface area contributed by atoms with E-state index in [-0.39, 0.29) is 5.92 Å². The first-order valence-electron chi connectivity index (χ1n) is 4.84. The molecule has 0 unspecified atom stereocenters. The summed E-state index contributed by atoms with van der Waals surface area (Å²) in [5.41, 5.74) is 3.25. The molecule has 2 rings (SSSR count). The molecule has 1 aromatic rings. The van der Waals surface area contributed by atoms with Crippen LogP contribution in [0.25, 0.3) is 0 Å². The molecule has 0 amide bonds. The summed E-state index contributed by atoms with van der Waals surface area (Å²) in [5, 5.41) is 9.34. The number of pyridine rings is 1. The number of nitrogens with zero attached hydrogens (tertiary/aromatic N) is 2. The summed E-state index contributed by atoms with van der Waals surface area (Å²) in [5.74, 6) is 0.933. The van der Waals surface area contributed by atoms with Gasteiger partial charge in [-0.05, 0) is 24.5 Å². The van der Waals surface area contributed by atoms with Gasteiger partial charge in [0.05, 0.1) is 0 Å². The SMILES string of the molecule is ONC1=NCC[C@@H]1Cc1ccc(Cl)nc1. The number of hydroxylamine groups is 1. The molecule has 0 aliphatic carbocycles. The Morgan fingerprint density at radius 1 is 1.53 bits per heavy atom. The van der Waals surface area contributed by atoms with Gasteiger partial charge < -0.3 is 0 Å². The lowest BCUT2D eigenvalue weighted by Gasteiger charge is -2.11. The number of halogens is 1. The molecule has 0 aromatic carbocycles. The van der Waals surface area contributed by atoms with Crippen molar-refractivity contribution in [2.75, 3.05) is 6.54 Å². The average Bonchev–Trinajstić information content (AvgIpc) is 2.69. The first-order valence-corrected chi connectivity index (χ1v) is 5.22. The average molecular weight is 226 g/mol. The van der Waals surface area contributed by atoms with Crippen LogP contribution in [0.3, 0.4) is 0 Å². The number of aromatic nitrogens is 1. The molecular formula is C10H12ClN3O. The van der Waals surface area contributed by atoms with Gasteiger partial charge in [0.15, 0.2) is 0 Å². The van der Waals surface area contributed by atoms with E-state index in [1.54, 1.807) is 12.3 Å². The molecule has 15 heavy (non-hydrogen) atoms. The maximum atomic E-state index is 8.84. The lowest BCUT2D eigenvalue weighted by atomic mass is 9.98. The maximum absolute atomic E-state index is 8.84. The number of nitrogens with one attached hydrogen (secondary N) is 1. The maximum Gasteiger partial charge on any atom is 0.129 e.